The molecule has 0 bridgehead atoms. The molecule has 0 saturated heterocycles. The van der Waals surface area contributed by atoms with Gasteiger partial charge in [-0.3, -0.25) is 0 Å². The maximum absolute atomic E-state index is 10.8. The maximum Gasteiger partial charge on any atom is 0.0596 e. The first kappa shape index (κ1) is 28.7. The second kappa shape index (κ2) is 9.88. The van der Waals surface area contributed by atoms with Crippen LogP contribution in [-0.2, 0) is 0 Å². The van der Waals surface area contributed by atoms with E-state index in [2.05, 4.69) is 27.7 Å². The van der Waals surface area contributed by atoms with Crippen LogP contribution in [0.4, 0.5) is 0 Å². The maximum atomic E-state index is 10.8. The van der Waals surface area contributed by atoms with Gasteiger partial charge in [0.1, 0.15) is 0 Å². The number of rotatable bonds is 1. The summed E-state index contributed by atoms with van der Waals surface area (Å²) in [6.45, 7) is 10.1. The van der Waals surface area contributed by atoms with Crippen LogP contribution in [0.1, 0.15) is 143 Å². The van der Waals surface area contributed by atoms with E-state index in [4.69, 9.17) is 10.2 Å². The van der Waals surface area contributed by atoms with Crippen LogP contribution in [0, 0.1) is 69.0 Å². The Morgan fingerprint density at radius 3 is 1.31 bits per heavy atom. The molecule has 2 unspecified atom stereocenters. The van der Waals surface area contributed by atoms with Gasteiger partial charge in [0.15, 0.2) is 0 Å². The van der Waals surface area contributed by atoms with E-state index in [9.17, 15) is 10.2 Å². The lowest BCUT2D eigenvalue weighted by Gasteiger charge is -2.60. The Kier molecular flexibility index (Phi) is 6.75. The summed E-state index contributed by atoms with van der Waals surface area (Å²) in [6, 6.07) is 0. The van der Waals surface area contributed by atoms with Crippen molar-refractivity contribution in [2.24, 2.45) is 79.2 Å². The van der Waals surface area contributed by atoms with Gasteiger partial charge in [0, 0.05) is 11.4 Å². The van der Waals surface area contributed by atoms with Crippen LogP contribution in [0.5, 0.6) is 0 Å². The fraction of sp³-hybridized carbons (Fsp3) is 0.947. The standard InChI is InChI=1S/C38H60N2O2/c1-35-17-13-25(21-23(35)5-7-27-29-9-11-33(41)37(29,3)19-15-31(27)35)39-40-26-14-18-36(2)24(22-26)6-8-28-30-10-12-34(42)38(30,4)20-16-32(28)36/h23-24,27-34,41-42H,5-22H2,1-4H3/b39-25-,40-26+/t23?,24?,27-,28-,29-,30-,31-,32-,33-,34-,35-,36-,37-,38-/m0/s1. The molecule has 8 saturated carbocycles. The molecule has 0 aromatic heterocycles. The van der Waals surface area contributed by atoms with Crippen LogP contribution in [0.3, 0.4) is 0 Å². The number of hydrogen-bond donors (Lipinski definition) is 2. The first-order valence-electron chi connectivity index (χ1n) is 18.5. The highest BCUT2D eigenvalue weighted by atomic mass is 16.3. The molecule has 42 heavy (non-hydrogen) atoms. The third-order valence-electron chi connectivity index (χ3n) is 17.2. The summed E-state index contributed by atoms with van der Waals surface area (Å²) in [7, 11) is 0. The lowest BCUT2D eigenvalue weighted by molar-refractivity contribution is -0.112. The molecule has 0 aromatic rings. The molecule has 0 radical (unpaired) electrons. The normalized spacial score (nSPS) is 58.9. The van der Waals surface area contributed by atoms with E-state index in [1.165, 1.54) is 101 Å². The van der Waals surface area contributed by atoms with Gasteiger partial charge in [0.2, 0.25) is 0 Å². The van der Waals surface area contributed by atoms with Crippen molar-refractivity contribution < 1.29 is 10.2 Å². The number of hydrogen-bond acceptors (Lipinski definition) is 4. The minimum Gasteiger partial charge on any atom is -0.393 e. The van der Waals surface area contributed by atoms with Crippen molar-refractivity contribution in [3.05, 3.63) is 0 Å². The molecule has 8 aliphatic carbocycles. The molecule has 0 heterocycles. The number of nitrogens with zero attached hydrogens (tertiary/aromatic N) is 2. The summed E-state index contributed by atoms with van der Waals surface area (Å²) in [5.74, 6) is 6.43. The molecule has 0 spiro atoms. The first-order chi connectivity index (χ1) is 20.1. The van der Waals surface area contributed by atoms with Gasteiger partial charge < -0.3 is 10.2 Å². The second-order valence-electron chi connectivity index (χ2n) is 18.3. The van der Waals surface area contributed by atoms with Crippen LogP contribution in [0.2, 0.25) is 0 Å². The molecule has 2 N–H and O–H groups in total. The summed E-state index contributed by atoms with van der Waals surface area (Å²) in [5.41, 5.74) is 4.08. The van der Waals surface area contributed by atoms with E-state index in [1.54, 1.807) is 0 Å². The minimum atomic E-state index is -0.0642. The summed E-state index contributed by atoms with van der Waals surface area (Å²) in [4.78, 5) is 0. The molecule has 234 valence electrons. The number of aliphatic hydroxyl groups is 2. The first-order valence-corrected chi connectivity index (χ1v) is 18.5. The van der Waals surface area contributed by atoms with Crippen molar-refractivity contribution >= 4 is 11.4 Å². The van der Waals surface area contributed by atoms with E-state index < -0.39 is 0 Å². The highest BCUT2D eigenvalue weighted by Crippen LogP contribution is 2.67. The van der Waals surface area contributed by atoms with Crippen LogP contribution in [0.15, 0.2) is 10.2 Å². The molecule has 0 aliphatic heterocycles. The average Bonchev–Trinajstić information content (AvgIpc) is 3.46. The minimum absolute atomic E-state index is 0.0642. The summed E-state index contributed by atoms with van der Waals surface area (Å²) < 4.78 is 0. The highest BCUT2D eigenvalue weighted by molar-refractivity contribution is 5.89. The molecular formula is C38H60N2O2. The zero-order valence-electron chi connectivity index (χ0n) is 27.3. The summed E-state index contributed by atoms with van der Waals surface area (Å²) in [6.07, 6.45) is 22.3. The molecule has 4 heteroatoms. The molecule has 0 aromatic carbocycles. The van der Waals surface area contributed by atoms with Gasteiger partial charge in [0.25, 0.3) is 0 Å². The van der Waals surface area contributed by atoms with Crippen LogP contribution < -0.4 is 0 Å². The Morgan fingerprint density at radius 2 is 0.881 bits per heavy atom. The van der Waals surface area contributed by atoms with E-state index in [1.807, 2.05) is 0 Å². The van der Waals surface area contributed by atoms with Gasteiger partial charge in [0.05, 0.1) is 12.2 Å². The lowest BCUT2D eigenvalue weighted by Crippen LogP contribution is -2.54. The van der Waals surface area contributed by atoms with Crippen LogP contribution in [0.25, 0.3) is 0 Å². The molecular weight excluding hydrogens is 516 g/mol. The van der Waals surface area contributed by atoms with Crippen molar-refractivity contribution in [1.82, 2.24) is 0 Å². The van der Waals surface area contributed by atoms with E-state index in [-0.39, 0.29) is 23.0 Å². The summed E-state index contributed by atoms with van der Waals surface area (Å²) >= 11 is 0. The highest BCUT2D eigenvalue weighted by Gasteiger charge is 2.61. The van der Waals surface area contributed by atoms with Crippen LogP contribution in [-0.4, -0.2) is 33.8 Å². The Balaban J connectivity index is 0.928. The van der Waals surface area contributed by atoms with Crippen molar-refractivity contribution in [3.8, 4) is 0 Å². The fourth-order valence-electron chi connectivity index (χ4n) is 14.4. The molecule has 4 nitrogen and oxygen atoms in total. The van der Waals surface area contributed by atoms with Gasteiger partial charge >= 0.3 is 0 Å². The third-order valence-corrected chi connectivity index (χ3v) is 17.2. The largest absolute Gasteiger partial charge is 0.393 e. The topological polar surface area (TPSA) is 65.2 Å². The smallest absolute Gasteiger partial charge is 0.0596 e. The SMILES string of the molecule is C[C@]12CC[C@H]3[C@@H](CCC4C/C(=N\N=C5/CC[C@@]6(C)C(CC[C@H]7[C@@H]8CC[C@H](O)[C@@]8(C)CC[C@@H]76)C5)CC[C@@]43C)[C@@H]1CC[C@@H]2O. The third kappa shape index (κ3) is 3.97. The predicted molar refractivity (Wildman–Crippen MR) is 170 cm³/mol. The van der Waals surface area contributed by atoms with Crippen molar-refractivity contribution in [2.45, 2.75) is 155 Å². The van der Waals surface area contributed by atoms with Gasteiger partial charge in [-0.05, 0) is 185 Å². The van der Waals surface area contributed by atoms with E-state index >= 15 is 0 Å². The van der Waals surface area contributed by atoms with E-state index in [0.717, 1.165) is 73.0 Å². The Labute approximate surface area is 256 Å². The Bertz CT molecular complexity index is 1060. The quantitative estimate of drug-likeness (QED) is 0.307. The van der Waals surface area contributed by atoms with Crippen molar-refractivity contribution in [3.63, 3.8) is 0 Å². The number of fused-ring (bicyclic) bond motifs is 10. The predicted octanol–water partition coefficient (Wildman–Crippen LogP) is 8.59. The zero-order chi connectivity index (χ0) is 29.1. The fourth-order valence-corrected chi connectivity index (χ4v) is 14.4. The van der Waals surface area contributed by atoms with Crippen molar-refractivity contribution in [1.29, 1.82) is 0 Å². The van der Waals surface area contributed by atoms with Crippen molar-refractivity contribution in [2.75, 3.05) is 0 Å². The molecule has 14 atom stereocenters. The lowest BCUT2D eigenvalue weighted by atomic mass is 9.45. The monoisotopic (exact) mass is 576 g/mol. The van der Waals surface area contributed by atoms with Gasteiger partial charge in [-0.1, -0.05) is 27.7 Å². The number of aliphatic hydroxyl groups excluding tert-OH is 2. The van der Waals surface area contributed by atoms with Gasteiger partial charge in [-0.2, -0.15) is 10.2 Å². The molecule has 8 rings (SSSR count). The van der Waals surface area contributed by atoms with Gasteiger partial charge in [-0.15, -0.1) is 0 Å². The Morgan fingerprint density at radius 1 is 0.476 bits per heavy atom. The average molecular weight is 577 g/mol. The molecule has 8 aliphatic rings. The zero-order valence-corrected chi connectivity index (χ0v) is 27.3. The summed E-state index contributed by atoms with van der Waals surface area (Å²) in [5, 5.41) is 31.7. The molecule has 0 amide bonds. The van der Waals surface area contributed by atoms with E-state index in [0.29, 0.717) is 10.8 Å². The second-order valence-corrected chi connectivity index (χ2v) is 18.3. The Hall–Kier alpha value is -0.740. The van der Waals surface area contributed by atoms with Gasteiger partial charge in [-0.25, -0.2) is 0 Å². The van der Waals surface area contributed by atoms with Crippen LogP contribution >= 0.6 is 0 Å². The molecule has 8 fully saturated rings.